The van der Waals surface area contributed by atoms with Gasteiger partial charge in [0.1, 0.15) is 0 Å². The highest BCUT2D eigenvalue weighted by molar-refractivity contribution is 5.07. The second-order valence-electron chi connectivity index (χ2n) is 4.84. The molecular weight excluding hydrogens is 172 g/mol. The summed E-state index contributed by atoms with van der Waals surface area (Å²) in [6, 6.07) is 0.255. The Morgan fingerprint density at radius 1 is 1.15 bits per heavy atom. The zero-order valence-corrected chi connectivity index (χ0v) is 8.32. The fourth-order valence-electron chi connectivity index (χ4n) is 2.48. The number of alkyl halides is 2. The number of nitrogens with zero attached hydrogens (tertiary/aromatic N) is 1. The van der Waals surface area contributed by atoms with Crippen LogP contribution in [0.1, 0.15) is 33.1 Å². The quantitative estimate of drug-likeness (QED) is 0.612. The van der Waals surface area contributed by atoms with Crippen LogP contribution in [0.3, 0.4) is 0 Å². The monoisotopic (exact) mass is 189 g/mol. The molecule has 0 amide bonds. The van der Waals surface area contributed by atoms with Gasteiger partial charge in [-0.3, -0.25) is 4.90 Å². The van der Waals surface area contributed by atoms with Gasteiger partial charge in [-0.05, 0) is 26.7 Å². The van der Waals surface area contributed by atoms with Crippen LogP contribution >= 0.6 is 0 Å². The fraction of sp³-hybridized carbons (Fsp3) is 1.00. The maximum Gasteiger partial charge on any atom is 0.267 e. The van der Waals surface area contributed by atoms with Crippen LogP contribution in [0.25, 0.3) is 0 Å². The van der Waals surface area contributed by atoms with Gasteiger partial charge in [0.05, 0.1) is 6.54 Å². The topological polar surface area (TPSA) is 3.24 Å². The second-order valence-corrected chi connectivity index (χ2v) is 4.84. The normalized spacial score (nSPS) is 31.2. The molecule has 1 nitrogen and oxygen atoms in total. The van der Waals surface area contributed by atoms with Gasteiger partial charge in [0.2, 0.25) is 0 Å². The molecular formula is C10H17F2N. The summed E-state index contributed by atoms with van der Waals surface area (Å²) >= 11 is 0. The van der Waals surface area contributed by atoms with E-state index < -0.39 is 11.3 Å². The van der Waals surface area contributed by atoms with Crippen LogP contribution in [0.5, 0.6) is 0 Å². The van der Waals surface area contributed by atoms with Gasteiger partial charge < -0.3 is 0 Å². The van der Waals surface area contributed by atoms with E-state index in [2.05, 4.69) is 0 Å². The van der Waals surface area contributed by atoms with Crippen LogP contribution in [0.15, 0.2) is 0 Å². The van der Waals surface area contributed by atoms with Crippen LogP contribution in [-0.2, 0) is 0 Å². The molecule has 0 radical (unpaired) electrons. The third-order valence-corrected chi connectivity index (χ3v) is 3.72. The van der Waals surface area contributed by atoms with Crippen molar-refractivity contribution < 1.29 is 8.78 Å². The van der Waals surface area contributed by atoms with Crippen LogP contribution in [0.4, 0.5) is 8.78 Å². The number of halogens is 2. The van der Waals surface area contributed by atoms with Gasteiger partial charge in [0.25, 0.3) is 5.92 Å². The van der Waals surface area contributed by atoms with Crippen LogP contribution in [0, 0.1) is 5.41 Å². The molecule has 0 aromatic rings. The molecule has 1 aliphatic carbocycles. The summed E-state index contributed by atoms with van der Waals surface area (Å²) in [5.41, 5.74) is -0.642. The first-order chi connectivity index (χ1) is 5.97. The third kappa shape index (κ3) is 1.20. The van der Waals surface area contributed by atoms with E-state index in [0.717, 1.165) is 19.3 Å². The molecule has 0 atom stereocenters. The zero-order valence-electron chi connectivity index (χ0n) is 8.32. The van der Waals surface area contributed by atoms with Gasteiger partial charge in [-0.25, -0.2) is 8.78 Å². The van der Waals surface area contributed by atoms with Gasteiger partial charge >= 0.3 is 0 Å². The molecule has 1 saturated heterocycles. The summed E-state index contributed by atoms with van der Waals surface area (Å²) in [4.78, 5) is 1.92. The standard InChI is InChI=1S/C10H17F2N/c1-8(2)13-6-9(4-3-5-9)10(11,12)7-13/h8H,3-7H2,1-2H3. The molecule has 1 aliphatic heterocycles. The molecule has 2 aliphatic rings. The fourth-order valence-corrected chi connectivity index (χ4v) is 2.48. The minimum Gasteiger partial charge on any atom is -0.294 e. The summed E-state index contributed by atoms with van der Waals surface area (Å²) in [7, 11) is 0. The number of likely N-dealkylation sites (tertiary alicyclic amines) is 1. The van der Waals surface area contributed by atoms with Gasteiger partial charge in [-0.2, -0.15) is 0 Å². The van der Waals surface area contributed by atoms with E-state index >= 15 is 0 Å². The minimum absolute atomic E-state index is 0.0231. The van der Waals surface area contributed by atoms with Crippen molar-refractivity contribution in [3.63, 3.8) is 0 Å². The summed E-state index contributed by atoms with van der Waals surface area (Å²) in [5.74, 6) is -2.43. The zero-order chi connectivity index (χ0) is 9.69. The van der Waals surface area contributed by atoms with Crippen LogP contribution in [0.2, 0.25) is 0 Å². The molecule has 0 aromatic heterocycles. The maximum absolute atomic E-state index is 13.6. The maximum atomic E-state index is 13.6. The van der Waals surface area contributed by atoms with Crippen molar-refractivity contribution in [1.29, 1.82) is 0 Å². The smallest absolute Gasteiger partial charge is 0.267 e. The lowest BCUT2D eigenvalue weighted by Gasteiger charge is -2.42. The predicted molar refractivity (Wildman–Crippen MR) is 47.9 cm³/mol. The van der Waals surface area contributed by atoms with E-state index in [1.807, 2.05) is 18.7 Å². The summed E-state index contributed by atoms with van der Waals surface area (Å²) in [6.07, 6.45) is 2.44. The number of rotatable bonds is 1. The lowest BCUT2D eigenvalue weighted by Crippen LogP contribution is -2.45. The van der Waals surface area contributed by atoms with Gasteiger partial charge in [0, 0.05) is 18.0 Å². The molecule has 2 rings (SSSR count). The highest BCUT2D eigenvalue weighted by atomic mass is 19.3. The number of hydrogen-bond donors (Lipinski definition) is 0. The molecule has 1 heterocycles. The van der Waals surface area contributed by atoms with Gasteiger partial charge in [-0.1, -0.05) is 6.42 Å². The Labute approximate surface area is 78.1 Å². The van der Waals surface area contributed by atoms with Crippen molar-refractivity contribution in [3.05, 3.63) is 0 Å². The minimum atomic E-state index is -2.43. The molecule has 13 heavy (non-hydrogen) atoms. The van der Waals surface area contributed by atoms with E-state index in [-0.39, 0.29) is 12.6 Å². The first kappa shape index (κ1) is 9.38. The van der Waals surface area contributed by atoms with Crippen LogP contribution in [-0.4, -0.2) is 30.0 Å². The SMILES string of the molecule is CC(C)N1CC(F)(F)C2(CCC2)C1. The summed E-state index contributed by atoms with van der Waals surface area (Å²) in [5, 5.41) is 0. The van der Waals surface area contributed by atoms with Crippen molar-refractivity contribution in [3.8, 4) is 0 Å². The Hall–Kier alpha value is -0.180. The Balaban J connectivity index is 2.14. The van der Waals surface area contributed by atoms with Crippen molar-refractivity contribution in [2.45, 2.75) is 45.1 Å². The molecule has 0 bridgehead atoms. The van der Waals surface area contributed by atoms with Crippen molar-refractivity contribution in [2.24, 2.45) is 5.41 Å². The molecule has 0 unspecified atom stereocenters. The lowest BCUT2D eigenvalue weighted by molar-refractivity contribution is -0.122. The molecule has 2 fully saturated rings. The third-order valence-electron chi connectivity index (χ3n) is 3.72. The second kappa shape index (κ2) is 2.66. The number of hydrogen-bond acceptors (Lipinski definition) is 1. The molecule has 76 valence electrons. The Morgan fingerprint density at radius 3 is 2.00 bits per heavy atom. The van der Waals surface area contributed by atoms with E-state index in [9.17, 15) is 8.78 Å². The van der Waals surface area contributed by atoms with E-state index in [1.54, 1.807) is 0 Å². The van der Waals surface area contributed by atoms with Crippen LogP contribution < -0.4 is 0 Å². The summed E-state index contributed by atoms with van der Waals surface area (Å²) in [6.45, 7) is 4.57. The first-order valence-corrected chi connectivity index (χ1v) is 5.09. The van der Waals surface area contributed by atoms with Crippen molar-refractivity contribution >= 4 is 0 Å². The van der Waals surface area contributed by atoms with E-state index in [0.29, 0.717) is 6.54 Å². The average Bonchev–Trinajstić information content (AvgIpc) is 2.19. The molecule has 0 N–H and O–H groups in total. The highest BCUT2D eigenvalue weighted by Crippen LogP contribution is 2.56. The molecule has 1 spiro atoms. The molecule has 1 saturated carbocycles. The van der Waals surface area contributed by atoms with E-state index in [1.165, 1.54) is 0 Å². The Morgan fingerprint density at radius 2 is 1.77 bits per heavy atom. The lowest BCUT2D eigenvalue weighted by atomic mass is 9.66. The first-order valence-electron chi connectivity index (χ1n) is 5.09. The van der Waals surface area contributed by atoms with E-state index in [4.69, 9.17) is 0 Å². The molecule has 3 heteroatoms. The predicted octanol–water partition coefficient (Wildman–Crippen LogP) is 2.52. The highest BCUT2D eigenvalue weighted by Gasteiger charge is 2.62. The Bertz CT molecular complexity index is 209. The molecule has 0 aromatic carbocycles. The summed E-state index contributed by atoms with van der Waals surface area (Å²) < 4.78 is 27.2. The van der Waals surface area contributed by atoms with Gasteiger partial charge in [-0.15, -0.1) is 0 Å². The average molecular weight is 189 g/mol. The Kier molecular flexibility index (Phi) is 1.92. The largest absolute Gasteiger partial charge is 0.294 e. The van der Waals surface area contributed by atoms with Crippen molar-refractivity contribution in [2.75, 3.05) is 13.1 Å². The van der Waals surface area contributed by atoms with Crippen molar-refractivity contribution in [1.82, 2.24) is 4.90 Å². The van der Waals surface area contributed by atoms with Gasteiger partial charge in [0.15, 0.2) is 0 Å².